The zero-order valence-electron chi connectivity index (χ0n) is 15.3. The lowest BCUT2D eigenvalue weighted by Gasteiger charge is -2.31. The monoisotopic (exact) mass is 381 g/mol. The summed E-state index contributed by atoms with van der Waals surface area (Å²) in [5, 5.41) is 11.9. The van der Waals surface area contributed by atoms with Crippen LogP contribution in [0.3, 0.4) is 0 Å². The number of hydrogen-bond donors (Lipinski definition) is 2. The molecule has 6 nitrogen and oxygen atoms in total. The zero-order chi connectivity index (χ0) is 18.6. The molecule has 1 aliphatic heterocycles. The second-order valence-electron chi connectivity index (χ2n) is 7.02. The fourth-order valence-electron chi connectivity index (χ4n) is 3.21. The second-order valence-corrected chi connectivity index (χ2v) is 7.97. The standard InChI is InChI=1S/C20H23N5OS/c1-14-6-8-25(9-7-14)19-5-4-15(12-21-19)13-22-20(26)17-11-16(23-24-17)18-3-2-10-27-18/h2-5,10-12,14H,6-9,13H2,1H3,(H,22,26)(H,23,24). The number of hydrogen-bond acceptors (Lipinski definition) is 5. The van der Waals surface area contributed by atoms with Crippen LogP contribution in [0, 0.1) is 5.92 Å². The molecule has 1 saturated heterocycles. The first-order valence-corrected chi connectivity index (χ1v) is 10.1. The molecular formula is C20H23N5OS. The molecule has 0 aromatic carbocycles. The van der Waals surface area contributed by atoms with Crippen molar-refractivity contribution in [2.24, 2.45) is 5.92 Å². The van der Waals surface area contributed by atoms with E-state index in [9.17, 15) is 4.79 Å². The minimum absolute atomic E-state index is 0.192. The average molecular weight is 382 g/mol. The summed E-state index contributed by atoms with van der Waals surface area (Å²) in [5.74, 6) is 1.63. The first kappa shape index (κ1) is 17.7. The van der Waals surface area contributed by atoms with E-state index < -0.39 is 0 Å². The topological polar surface area (TPSA) is 73.9 Å². The number of aromatic nitrogens is 3. The van der Waals surface area contributed by atoms with Gasteiger partial charge in [0.1, 0.15) is 5.82 Å². The van der Waals surface area contributed by atoms with Crippen molar-refractivity contribution in [3.8, 4) is 10.6 Å². The summed E-state index contributed by atoms with van der Waals surface area (Å²) in [6, 6.07) is 9.82. The largest absolute Gasteiger partial charge is 0.357 e. The van der Waals surface area contributed by atoms with Crippen LogP contribution in [0.4, 0.5) is 5.82 Å². The number of carbonyl (C=O) groups is 1. The quantitative estimate of drug-likeness (QED) is 0.707. The van der Waals surface area contributed by atoms with Crippen LogP contribution in [0.15, 0.2) is 41.9 Å². The smallest absolute Gasteiger partial charge is 0.272 e. The van der Waals surface area contributed by atoms with Crippen LogP contribution in [0.2, 0.25) is 0 Å². The number of nitrogens with one attached hydrogen (secondary N) is 2. The molecule has 3 aromatic rings. The molecule has 1 aliphatic rings. The summed E-state index contributed by atoms with van der Waals surface area (Å²) in [5.41, 5.74) is 2.23. The summed E-state index contributed by atoms with van der Waals surface area (Å²) >= 11 is 1.61. The summed E-state index contributed by atoms with van der Waals surface area (Å²) in [7, 11) is 0. The maximum Gasteiger partial charge on any atom is 0.272 e. The van der Waals surface area contributed by atoms with Gasteiger partial charge in [-0.25, -0.2) is 4.98 Å². The lowest BCUT2D eigenvalue weighted by molar-refractivity contribution is 0.0946. The first-order valence-electron chi connectivity index (χ1n) is 9.26. The molecule has 0 unspecified atom stereocenters. The first-order chi connectivity index (χ1) is 13.2. The van der Waals surface area contributed by atoms with E-state index in [1.807, 2.05) is 35.8 Å². The molecule has 1 fully saturated rings. The molecule has 7 heteroatoms. The van der Waals surface area contributed by atoms with Crippen LogP contribution >= 0.6 is 11.3 Å². The van der Waals surface area contributed by atoms with Gasteiger partial charge in [-0.1, -0.05) is 19.1 Å². The highest BCUT2D eigenvalue weighted by molar-refractivity contribution is 7.13. The van der Waals surface area contributed by atoms with Gasteiger partial charge in [0.15, 0.2) is 5.69 Å². The van der Waals surface area contributed by atoms with Crippen LogP contribution in [0.25, 0.3) is 10.6 Å². The van der Waals surface area contributed by atoms with E-state index in [1.54, 1.807) is 17.4 Å². The molecule has 0 bridgehead atoms. The summed E-state index contributed by atoms with van der Waals surface area (Å²) in [6.45, 7) is 4.87. The summed E-state index contributed by atoms with van der Waals surface area (Å²) in [6.07, 6.45) is 4.28. The third-order valence-electron chi connectivity index (χ3n) is 4.97. The van der Waals surface area contributed by atoms with Crippen LogP contribution in [-0.2, 0) is 6.54 Å². The van der Waals surface area contributed by atoms with Crippen LogP contribution < -0.4 is 10.2 Å². The predicted molar refractivity (Wildman–Crippen MR) is 108 cm³/mol. The Kier molecular flexibility index (Phi) is 5.20. The number of carbonyl (C=O) groups excluding carboxylic acids is 1. The zero-order valence-corrected chi connectivity index (χ0v) is 16.1. The van der Waals surface area contributed by atoms with Gasteiger partial charge < -0.3 is 10.2 Å². The van der Waals surface area contributed by atoms with Crippen molar-refractivity contribution >= 4 is 23.1 Å². The van der Waals surface area contributed by atoms with Crippen molar-refractivity contribution in [1.82, 2.24) is 20.5 Å². The molecule has 4 rings (SSSR count). The Morgan fingerprint density at radius 1 is 1.33 bits per heavy atom. The van der Waals surface area contributed by atoms with E-state index in [2.05, 4.69) is 32.3 Å². The van der Waals surface area contributed by atoms with Crippen molar-refractivity contribution in [2.45, 2.75) is 26.3 Å². The highest BCUT2D eigenvalue weighted by atomic mass is 32.1. The number of nitrogens with zero attached hydrogens (tertiary/aromatic N) is 3. The van der Waals surface area contributed by atoms with Crippen LogP contribution in [0.1, 0.15) is 35.8 Å². The van der Waals surface area contributed by atoms with E-state index in [4.69, 9.17) is 0 Å². The van der Waals surface area contributed by atoms with Gasteiger partial charge in [-0.15, -0.1) is 11.3 Å². The molecule has 1 amide bonds. The number of amides is 1. The molecule has 27 heavy (non-hydrogen) atoms. The van der Waals surface area contributed by atoms with Crippen LogP contribution in [0.5, 0.6) is 0 Å². The van der Waals surface area contributed by atoms with Gasteiger partial charge >= 0.3 is 0 Å². The number of rotatable bonds is 5. The summed E-state index contributed by atoms with van der Waals surface area (Å²) in [4.78, 5) is 20.3. The minimum atomic E-state index is -0.192. The maximum atomic E-state index is 12.3. The molecule has 2 N–H and O–H groups in total. The van der Waals surface area contributed by atoms with E-state index >= 15 is 0 Å². The van der Waals surface area contributed by atoms with Gasteiger partial charge in [-0.05, 0) is 47.9 Å². The SMILES string of the molecule is CC1CCN(c2ccc(CNC(=O)c3cc(-c4cccs4)[nH]n3)cn2)CC1. The van der Waals surface area contributed by atoms with Crippen molar-refractivity contribution in [1.29, 1.82) is 0 Å². The van der Waals surface area contributed by atoms with E-state index in [0.29, 0.717) is 12.2 Å². The van der Waals surface area contributed by atoms with E-state index in [1.165, 1.54) is 12.8 Å². The number of pyridine rings is 1. The van der Waals surface area contributed by atoms with Gasteiger partial charge in [-0.3, -0.25) is 9.89 Å². The van der Waals surface area contributed by atoms with E-state index in [0.717, 1.165) is 41.0 Å². The molecule has 0 radical (unpaired) electrons. The molecule has 140 valence electrons. The molecule has 3 aromatic heterocycles. The molecule has 0 saturated carbocycles. The number of anilines is 1. The normalized spacial score (nSPS) is 15.1. The number of H-pyrrole nitrogens is 1. The Labute approximate surface area is 162 Å². The molecular weight excluding hydrogens is 358 g/mol. The third kappa shape index (κ3) is 4.19. The number of thiophene rings is 1. The Bertz CT molecular complexity index is 880. The lowest BCUT2D eigenvalue weighted by atomic mass is 9.99. The van der Waals surface area contributed by atoms with Gasteiger partial charge in [0.2, 0.25) is 0 Å². The van der Waals surface area contributed by atoms with E-state index in [-0.39, 0.29) is 5.91 Å². The third-order valence-corrected chi connectivity index (χ3v) is 5.87. The Morgan fingerprint density at radius 2 is 2.19 bits per heavy atom. The van der Waals surface area contributed by atoms with Crippen LogP contribution in [-0.4, -0.2) is 34.2 Å². The second kappa shape index (κ2) is 7.92. The average Bonchev–Trinajstić information content (AvgIpc) is 3.39. The number of aromatic amines is 1. The molecule has 0 spiro atoms. The Hall–Kier alpha value is -2.67. The molecule has 0 atom stereocenters. The van der Waals surface area contributed by atoms with Crippen molar-refractivity contribution < 1.29 is 4.79 Å². The minimum Gasteiger partial charge on any atom is -0.357 e. The Morgan fingerprint density at radius 3 is 2.89 bits per heavy atom. The Balaban J connectivity index is 1.32. The van der Waals surface area contributed by atoms with Crippen molar-refractivity contribution in [3.05, 3.63) is 53.2 Å². The van der Waals surface area contributed by atoms with Gasteiger partial charge in [0.05, 0.1) is 10.6 Å². The predicted octanol–water partition coefficient (Wildman–Crippen LogP) is 3.70. The highest BCUT2D eigenvalue weighted by Gasteiger charge is 2.17. The van der Waals surface area contributed by atoms with Gasteiger partial charge in [0, 0.05) is 25.8 Å². The highest BCUT2D eigenvalue weighted by Crippen LogP contribution is 2.23. The van der Waals surface area contributed by atoms with Crippen molar-refractivity contribution in [2.75, 3.05) is 18.0 Å². The van der Waals surface area contributed by atoms with Crippen molar-refractivity contribution in [3.63, 3.8) is 0 Å². The summed E-state index contributed by atoms with van der Waals surface area (Å²) < 4.78 is 0. The van der Waals surface area contributed by atoms with Gasteiger partial charge in [-0.2, -0.15) is 5.10 Å². The lowest BCUT2D eigenvalue weighted by Crippen LogP contribution is -2.33. The maximum absolute atomic E-state index is 12.3. The number of piperidine rings is 1. The molecule has 0 aliphatic carbocycles. The fourth-order valence-corrected chi connectivity index (χ4v) is 3.91. The van der Waals surface area contributed by atoms with Gasteiger partial charge in [0.25, 0.3) is 5.91 Å². The molecule has 4 heterocycles. The fraction of sp³-hybridized carbons (Fsp3) is 0.350.